The van der Waals surface area contributed by atoms with Crippen molar-refractivity contribution >= 4 is 0 Å². The first-order chi connectivity index (χ1) is 13.2. The second-order valence-corrected chi connectivity index (χ2v) is 7.60. The van der Waals surface area contributed by atoms with Gasteiger partial charge in [0.15, 0.2) is 0 Å². The van der Waals surface area contributed by atoms with Crippen LogP contribution in [0, 0.1) is 0 Å². The van der Waals surface area contributed by atoms with Gasteiger partial charge in [-0.1, -0.05) is 77.5 Å². The van der Waals surface area contributed by atoms with Gasteiger partial charge in [-0.2, -0.15) is 0 Å². The molecule has 1 unspecified atom stereocenters. The molecule has 1 aromatic carbocycles. The van der Waals surface area contributed by atoms with Gasteiger partial charge in [0.05, 0.1) is 6.61 Å². The fraction of sp³-hybridized carbons (Fsp3) is 0.560. The van der Waals surface area contributed by atoms with Gasteiger partial charge in [0, 0.05) is 17.8 Å². The standard InChI is InChI=1S/C25H37NO/c1-4-6-8-10-12-22-13-18-25(26-20-22)21(3)23-14-16-24(17-15-23)27-19-11-9-7-5-2/h13-18,20-21H,4-12,19H2,1-3H3. The van der Waals surface area contributed by atoms with Crippen LogP contribution in [0.2, 0.25) is 0 Å². The first-order valence-corrected chi connectivity index (χ1v) is 10.9. The number of ether oxygens (including phenoxy) is 1. The molecule has 27 heavy (non-hydrogen) atoms. The van der Waals surface area contributed by atoms with Crippen molar-refractivity contribution in [3.8, 4) is 5.75 Å². The lowest BCUT2D eigenvalue weighted by atomic mass is 9.96. The summed E-state index contributed by atoms with van der Waals surface area (Å²) in [5, 5.41) is 0. The molecule has 0 spiro atoms. The summed E-state index contributed by atoms with van der Waals surface area (Å²) in [5.41, 5.74) is 3.78. The van der Waals surface area contributed by atoms with E-state index >= 15 is 0 Å². The average molecular weight is 368 g/mol. The van der Waals surface area contributed by atoms with E-state index in [0.717, 1.165) is 30.9 Å². The fourth-order valence-electron chi connectivity index (χ4n) is 3.34. The third-order valence-corrected chi connectivity index (χ3v) is 5.26. The molecule has 0 radical (unpaired) electrons. The molecule has 1 atom stereocenters. The van der Waals surface area contributed by atoms with Crippen LogP contribution in [0.25, 0.3) is 0 Å². The van der Waals surface area contributed by atoms with Crippen LogP contribution in [0.1, 0.15) is 94.9 Å². The summed E-state index contributed by atoms with van der Waals surface area (Å²) in [6.07, 6.45) is 13.4. The van der Waals surface area contributed by atoms with Crippen molar-refractivity contribution in [3.63, 3.8) is 0 Å². The van der Waals surface area contributed by atoms with E-state index in [1.807, 2.05) is 0 Å². The second-order valence-electron chi connectivity index (χ2n) is 7.60. The first kappa shape index (κ1) is 21.5. The molecule has 0 fully saturated rings. The summed E-state index contributed by atoms with van der Waals surface area (Å²) in [4.78, 5) is 4.72. The summed E-state index contributed by atoms with van der Waals surface area (Å²) >= 11 is 0. The molecule has 0 bridgehead atoms. The average Bonchev–Trinajstić information content (AvgIpc) is 2.71. The van der Waals surface area contributed by atoms with Crippen LogP contribution >= 0.6 is 0 Å². The predicted molar refractivity (Wildman–Crippen MR) is 116 cm³/mol. The summed E-state index contributed by atoms with van der Waals surface area (Å²) in [5.74, 6) is 1.27. The fourth-order valence-corrected chi connectivity index (χ4v) is 3.34. The third-order valence-electron chi connectivity index (χ3n) is 5.26. The highest BCUT2D eigenvalue weighted by molar-refractivity contribution is 5.33. The van der Waals surface area contributed by atoms with Crippen LogP contribution in [-0.4, -0.2) is 11.6 Å². The van der Waals surface area contributed by atoms with Gasteiger partial charge in [-0.25, -0.2) is 0 Å². The Kier molecular flexibility index (Phi) is 9.97. The molecule has 2 nitrogen and oxygen atoms in total. The van der Waals surface area contributed by atoms with Crippen LogP contribution in [0.5, 0.6) is 5.75 Å². The monoisotopic (exact) mass is 367 g/mol. The molecule has 0 amide bonds. The minimum absolute atomic E-state index is 0.303. The van der Waals surface area contributed by atoms with Gasteiger partial charge in [0.25, 0.3) is 0 Å². The Bertz CT molecular complexity index is 618. The highest BCUT2D eigenvalue weighted by Gasteiger charge is 2.10. The maximum Gasteiger partial charge on any atom is 0.119 e. The highest BCUT2D eigenvalue weighted by Crippen LogP contribution is 2.25. The number of unbranched alkanes of at least 4 members (excludes halogenated alkanes) is 6. The molecule has 0 aliphatic rings. The Morgan fingerprint density at radius 2 is 1.52 bits per heavy atom. The molecule has 148 valence electrons. The third kappa shape index (κ3) is 7.74. The number of nitrogens with zero attached hydrogens (tertiary/aromatic N) is 1. The summed E-state index contributed by atoms with van der Waals surface area (Å²) in [6.45, 7) is 7.53. The Labute approximate surface area is 166 Å². The molecule has 2 rings (SSSR count). The molecule has 1 heterocycles. The van der Waals surface area contributed by atoms with Crippen molar-refractivity contribution < 1.29 is 4.74 Å². The zero-order valence-corrected chi connectivity index (χ0v) is 17.5. The van der Waals surface area contributed by atoms with Crippen LogP contribution in [-0.2, 0) is 6.42 Å². The summed E-state index contributed by atoms with van der Waals surface area (Å²) in [7, 11) is 0. The van der Waals surface area contributed by atoms with E-state index in [4.69, 9.17) is 9.72 Å². The maximum atomic E-state index is 5.85. The Morgan fingerprint density at radius 3 is 2.15 bits per heavy atom. The van der Waals surface area contributed by atoms with E-state index < -0.39 is 0 Å². The SMILES string of the molecule is CCCCCCOc1ccc(C(C)c2ccc(CCCCCC)cn2)cc1. The number of rotatable bonds is 13. The van der Waals surface area contributed by atoms with E-state index in [9.17, 15) is 0 Å². The van der Waals surface area contributed by atoms with Gasteiger partial charge in [0.2, 0.25) is 0 Å². The second kappa shape index (κ2) is 12.5. The topological polar surface area (TPSA) is 22.1 Å². The minimum Gasteiger partial charge on any atom is -0.494 e. The minimum atomic E-state index is 0.303. The van der Waals surface area contributed by atoms with E-state index in [1.165, 1.54) is 56.1 Å². The summed E-state index contributed by atoms with van der Waals surface area (Å²) < 4.78 is 5.85. The normalized spacial score (nSPS) is 12.1. The van der Waals surface area contributed by atoms with Crippen LogP contribution in [0.3, 0.4) is 0 Å². The van der Waals surface area contributed by atoms with E-state index in [2.05, 4.69) is 63.4 Å². The lowest BCUT2D eigenvalue weighted by Crippen LogP contribution is -2.01. The van der Waals surface area contributed by atoms with Gasteiger partial charge in [-0.3, -0.25) is 4.98 Å². The number of hydrogen-bond acceptors (Lipinski definition) is 2. The van der Waals surface area contributed by atoms with Gasteiger partial charge in [-0.05, 0) is 48.6 Å². The lowest BCUT2D eigenvalue weighted by Gasteiger charge is -2.13. The molecular formula is C25H37NO. The van der Waals surface area contributed by atoms with Crippen molar-refractivity contribution in [2.24, 2.45) is 0 Å². The number of aromatic nitrogens is 1. The lowest BCUT2D eigenvalue weighted by molar-refractivity contribution is 0.305. The predicted octanol–water partition coefficient (Wildman–Crippen LogP) is 7.32. The molecule has 0 aliphatic heterocycles. The van der Waals surface area contributed by atoms with Gasteiger partial charge < -0.3 is 4.74 Å². The van der Waals surface area contributed by atoms with E-state index in [1.54, 1.807) is 0 Å². The molecule has 0 aliphatic carbocycles. The van der Waals surface area contributed by atoms with Gasteiger partial charge in [0.1, 0.15) is 5.75 Å². The van der Waals surface area contributed by atoms with Gasteiger partial charge in [-0.15, -0.1) is 0 Å². The van der Waals surface area contributed by atoms with Crippen LogP contribution < -0.4 is 4.74 Å². The zero-order chi connectivity index (χ0) is 19.3. The van der Waals surface area contributed by atoms with Crippen molar-refractivity contribution in [3.05, 3.63) is 59.4 Å². The highest BCUT2D eigenvalue weighted by atomic mass is 16.5. The molecule has 0 saturated carbocycles. The van der Waals surface area contributed by atoms with Crippen LogP contribution in [0.15, 0.2) is 42.6 Å². The molecular weight excluding hydrogens is 330 g/mol. The molecule has 2 aromatic rings. The van der Waals surface area contributed by atoms with Crippen molar-refractivity contribution in [2.75, 3.05) is 6.61 Å². The van der Waals surface area contributed by atoms with Crippen LogP contribution in [0.4, 0.5) is 0 Å². The number of hydrogen-bond donors (Lipinski definition) is 0. The Morgan fingerprint density at radius 1 is 0.815 bits per heavy atom. The number of aryl methyl sites for hydroxylation is 1. The molecule has 0 saturated heterocycles. The van der Waals surface area contributed by atoms with E-state index in [-0.39, 0.29) is 0 Å². The number of pyridine rings is 1. The quantitative estimate of drug-likeness (QED) is 0.346. The largest absolute Gasteiger partial charge is 0.494 e. The zero-order valence-electron chi connectivity index (χ0n) is 17.5. The molecule has 0 N–H and O–H groups in total. The van der Waals surface area contributed by atoms with Crippen molar-refractivity contribution in [1.29, 1.82) is 0 Å². The van der Waals surface area contributed by atoms with E-state index in [0.29, 0.717) is 5.92 Å². The maximum absolute atomic E-state index is 5.85. The van der Waals surface area contributed by atoms with Crippen molar-refractivity contribution in [1.82, 2.24) is 4.98 Å². The first-order valence-electron chi connectivity index (χ1n) is 10.9. The van der Waals surface area contributed by atoms with Gasteiger partial charge >= 0.3 is 0 Å². The number of benzene rings is 1. The smallest absolute Gasteiger partial charge is 0.119 e. The Balaban J connectivity index is 1.82. The Hall–Kier alpha value is -1.83. The molecule has 2 heteroatoms. The summed E-state index contributed by atoms with van der Waals surface area (Å²) in [6, 6.07) is 13.0. The molecule has 1 aromatic heterocycles. The van der Waals surface area contributed by atoms with Crippen molar-refractivity contribution in [2.45, 2.75) is 84.5 Å².